The molecule has 0 rings (SSSR count). The SMILES string of the molecule is CCCC(C)(OC)C(=O)CCC(=O)OCCOCCOCCOC(C)CC. The molecular formula is C20H38O7. The minimum Gasteiger partial charge on any atom is -0.463 e. The summed E-state index contributed by atoms with van der Waals surface area (Å²) in [5.74, 6) is -0.477. The van der Waals surface area contributed by atoms with Crippen LogP contribution in [0.1, 0.15) is 59.8 Å². The van der Waals surface area contributed by atoms with E-state index in [1.165, 1.54) is 7.11 Å². The van der Waals surface area contributed by atoms with Crippen molar-refractivity contribution < 1.29 is 33.3 Å². The van der Waals surface area contributed by atoms with Crippen molar-refractivity contribution in [1.29, 1.82) is 0 Å². The van der Waals surface area contributed by atoms with Crippen LogP contribution < -0.4 is 0 Å². The van der Waals surface area contributed by atoms with Crippen molar-refractivity contribution in [2.45, 2.75) is 71.5 Å². The van der Waals surface area contributed by atoms with Crippen molar-refractivity contribution in [3.05, 3.63) is 0 Å². The lowest BCUT2D eigenvalue weighted by Gasteiger charge is -2.25. The van der Waals surface area contributed by atoms with Crippen molar-refractivity contribution in [2.75, 3.05) is 46.8 Å². The van der Waals surface area contributed by atoms with Crippen LogP contribution in [0.4, 0.5) is 0 Å². The summed E-state index contributed by atoms with van der Waals surface area (Å²) in [5, 5.41) is 0. The molecule has 7 heteroatoms. The highest BCUT2D eigenvalue weighted by Gasteiger charge is 2.31. The maximum Gasteiger partial charge on any atom is 0.306 e. The number of esters is 1. The average molecular weight is 391 g/mol. The monoisotopic (exact) mass is 390 g/mol. The van der Waals surface area contributed by atoms with E-state index in [0.29, 0.717) is 39.5 Å². The number of Topliss-reactive ketones (excluding diaryl/α,β-unsaturated/α-hetero) is 1. The second-order valence-corrected chi connectivity index (χ2v) is 6.64. The predicted octanol–water partition coefficient (Wildman–Crippen LogP) is 2.93. The van der Waals surface area contributed by atoms with Gasteiger partial charge in [0, 0.05) is 13.5 Å². The zero-order valence-electron chi connectivity index (χ0n) is 17.7. The molecule has 0 spiro atoms. The van der Waals surface area contributed by atoms with Gasteiger partial charge in [0.2, 0.25) is 0 Å². The van der Waals surface area contributed by atoms with Gasteiger partial charge in [-0.1, -0.05) is 20.3 Å². The molecule has 160 valence electrons. The van der Waals surface area contributed by atoms with E-state index in [1.807, 2.05) is 13.8 Å². The second-order valence-electron chi connectivity index (χ2n) is 6.64. The Labute approximate surface area is 164 Å². The number of rotatable bonds is 18. The average Bonchev–Trinajstić information content (AvgIpc) is 2.67. The highest BCUT2D eigenvalue weighted by molar-refractivity contribution is 5.89. The van der Waals surface area contributed by atoms with Crippen LogP contribution in [0.5, 0.6) is 0 Å². The van der Waals surface area contributed by atoms with E-state index >= 15 is 0 Å². The number of hydrogen-bond acceptors (Lipinski definition) is 7. The summed E-state index contributed by atoms with van der Waals surface area (Å²) in [6.07, 6.45) is 2.89. The Kier molecular flexibility index (Phi) is 15.4. The smallest absolute Gasteiger partial charge is 0.306 e. The molecule has 0 saturated heterocycles. The zero-order valence-corrected chi connectivity index (χ0v) is 17.7. The molecule has 0 N–H and O–H groups in total. The van der Waals surface area contributed by atoms with Gasteiger partial charge >= 0.3 is 5.97 Å². The summed E-state index contributed by atoms with van der Waals surface area (Å²) in [6, 6.07) is 0. The summed E-state index contributed by atoms with van der Waals surface area (Å²) in [5.41, 5.74) is -0.822. The van der Waals surface area contributed by atoms with Crippen LogP contribution >= 0.6 is 0 Å². The van der Waals surface area contributed by atoms with Crippen LogP contribution in [0.15, 0.2) is 0 Å². The van der Waals surface area contributed by atoms with E-state index < -0.39 is 11.6 Å². The van der Waals surface area contributed by atoms with Crippen molar-refractivity contribution in [3.63, 3.8) is 0 Å². The van der Waals surface area contributed by atoms with Crippen molar-refractivity contribution in [2.24, 2.45) is 0 Å². The Morgan fingerprint density at radius 3 is 2.07 bits per heavy atom. The van der Waals surface area contributed by atoms with E-state index in [2.05, 4.69) is 6.92 Å². The van der Waals surface area contributed by atoms with E-state index in [1.54, 1.807) is 6.92 Å². The number of carbonyl (C=O) groups excluding carboxylic acids is 2. The third kappa shape index (κ3) is 12.9. The maximum atomic E-state index is 12.2. The first-order valence-electron chi connectivity index (χ1n) is 9.90. The summed E-state index contributed by atoms with van der Waals surface area (Å²) in [4.78, 5) is 23.9. The van der Waals surface area contributed by atoms with Crippen LogP contribution in [-0.2, 0) is 33.3 Å². The summed E-state index contributed by atoms with van der Waals surface area (Å²) >= 11 is 0. The molecule has 2 atom stereocenters. The van der Waals surface area contributed by atoms with Crippen molar-refractivity contribution in [3.8, 4) is 0 Å². The molecule has 0 aliphatic rings. The van der Waals surface area contributed by atoms with E-state index in [9.17, 15) is 9.59 Å². The first kappa shape index (κ1) is 26.0. The van der Waals surface area contributed by atoms with Gasteiger partial charge in [-0.25, -0.2) is 0 Å². The van der Waals surface area contributed by atoms with Crippen LogP contribution in [0, 0.1) is 0 Å². The molecule has 0 fully saturated rings. The first-order valence-corrected chi connectivity index (χ1v) is 9.90. The van der Waals surface area contributed by atoms with Crippen LogP contribution in [0.2, 0.25) is 0 Å². The lowest BCUT2D eigenvalue weighted by molar-refractivity contribution is -0.149. The molecule has 0 aromatic rings. The molecule has 0 bridgehead atoms. The quantitative estimate of drug-likeness (QED) is 0.263. The predicted molar refractivity (Wildman–Crippen MR) is 103 cm³/mol. The van der Waals surface area contributed by atoms with Crippen LogP contribution in [0.3, 0.4) is 0 Å². The van der Waals surface area contributed by atoms with Gasteiger partial charge in [-0.2, -0.15) is 0 Å². The molecule has 0 heterocycles. The molecule has 0 radical (unpaired) electrons. The van der Waals surface area contributed by atoms with E-state index in [0.717, 1.165) is 12.8 Å². The van der Waals surface area contributed by atoms with Gasteiger partial charge in [0.15, 0.2) is 5.78 Å². The molecular weight excluding hydrogens is 352 g/mol. The summed E-state index contributed by atoms with van der Waals surface area (Å²) in [7, 11) is 1.52. The third-order valence-electron chi connectivity index (χ3n) is 4.39. The lowest BCUT2D eigenvalue weighted by atomic mass is 9.92. The zero-order chi connectivity index (χ0) is 20.5. The Balaban J connectivity index is 3.60. The molecule has 0 aromatic carbocycles. The van der Waals surface area contributed by atoms with E-state index in [4.69, 9.17) is 23.7 Å². The molecule has 2 unspecified atom stereocenters. The molecule has 0 aliphatic carbocycles. The number of ether oxygens (including phenoxy) is 5. The van der Waals surface area contributed by atoms with Gasteiger partial charge in [0.1, 0.15) is 12.2 Å². The molecule has 27 heavy (non-hydrogen) atoms. The molecule has 0 aromatic heterocycles. The summed E-state index contributed by atoms with van der Waals surface area (Å²) in [6.45, 7) is 10.3. The highest BCUT2D eigenvalue weighted by atomic mass is 16.6. The largest absolute Gasteiger partial charge is 0.463 e. The molecule has 0 saturated carbocycles. The van der Waals surface area contributed by atoms with Crippen LogP contribution in [-0.4, -0.2) is 70.2 Å². The molecule has 7 nitrogen and oxygen atoms in total. The Morgan fingerprint density at radius 1 is 0.926 bits per heavy atom. The Bertz CT molecular complexity index is 400. The standard InChI is InChI=1S/C20H38O7/c1-6-10-20(4,23-5)18(21)8-9-19(22)27-16-14-25-12-11-24-13-15-26-17(3)7-2/h17H,6-16H2,1-5H3. The number of ketones is 1. The minimum atomic E-state index is -0.822. The van der Waals surface area contributed by atoms with Crippen molar-refractivity contribution >= 4 is 11.8 Å². The van der Waals surface area contributed by atoms with Gasteiger partial charge in [0.05, 0.1) is 45.6 Å². The number of hydrogen-bond donors (Lipinski definition) is 0. The Morgan fingerprint density at radius 2 is 1.52 bits per heavy atom. The fourth-order valence-corrected chi connectivity index (χ4v) is 2.35. The van der Waals surface area contributed by atoms with Crippen LogP contribution in [0.25, 0.3) is 0 Å². The van der Waals surface area contributed by atoms with Gasteiger partial charge in [-0.15, -0.1) is 0 Å². The van der Waals surface area contributed by atoms with Gasteiger partial charge in [-0.3, -0.25) is 9.59 Å². The fourth-order valence-electron chi connectivity index (χ4n) is 2.35. The Hall–Kier alpha value is -1.02. The maximum absolute atomic E-state index is 12.2. The summed E-state index contributed by atoms with van der Waals surface area (Å²) < 4.78 is 26.6. The van der Waals surface area contributed by atoms with E-state index in [-0.39, 0.29) is 31.3 Å². The number of methoxy groups -OCH3 is 1. The normalized spacial score (nSPS) is 14.6. The minimum absolute atomic E-state index is 0.0563. The number of carbonyl (C=O) groups is 2. The lowest BCUT2D eigenvalue weighted by Crippen LogP contribution is -2.37. The fraction of sp³-hybridized carbons (Fsp3) is 0.900. The molecule has 0 amide bonds. The van der Waals surface area contributed by atoms with Gasteiger partial charge < -0.3 is 23.7 Å². The highest BCUT2D eigenvalue weighted by Crippen LogP contribution is 2.20. The second kappa shape index (κ2) is 16.0. The first-order chi connectivity index (χ1) is 12.9. The third-order valence-corrected chi connectivity index (χ3v) is 4.39. The van der Waals surface area contributed by atoms with Crippen molar-refractivity contribution in [1.82, 2.24) is 0 Å². The van der Waals surface area contributed by atoms with Gasteiger partial charge in [-0.05, 0) is 26.7 Å². The van der Waals surface area contributed by atoms with Gasteiger partial charge in [0.25, 0.3) is 0 Å². The molecule has 0 aliphatic heterocycles. The topological polar surface area (TPSA) is 80.3 Å².